The van der Waals surface area contributed by atoms with Crippen LogP contribution >= 0.6 is 0 Å². The summed E-state index contributed by atoms with van der Waals surface area (Å²) >= 11 is 0. The molecule has 0 saturated heterocycles. The van der Waals surface area contributed by atoms with Crippen LogP contribution in [0.4, 0.5) is 0 Å². The minimum Gasteiger partial charge on any atom is -0.438 e. The fraction of sp³-hybridized carbons (Fsp3) is 0.214. The summed E-state index contributed by atoms with van der Waals surface area (Å²) in [4.78, 5) is 12.0. The van der Waals surface area contributed by atoms with Crippen LogP contribution in [0.2, 0.25) is 0 Å². The van der Waals surface area contributed by atoms with Crippen molar-refractivity contribution in [2.24, 2.45) is 5.73 Å². The molecule has 0 unspecified atom stereocenters. The lowest BCUT2D eigenvalue weighted by Crippen LogP contribution is -2.22. The van der Waals surface area contributed by atoms with Gasteiger partial charge in [-0.25, -0.2) is 13.1 Å². The molecule has 0 radical (unpaired) electrons. The molecule has 0 spiro atoms. The smallest absolute Gasteiger partial charge is 0.287 e. The molecule has 7 nitrogen and oxygen atoms in total. The molecule has 4 N–H and O–H groups in total. The van der Waals surface area contributed by atoms with Crippen LogP contribution in [-0.4, -0.2) is 21.4 Å². The second-order valence-corrected chi connectivity index (χ2v) is 6.35. The molecule has 1 amide bonds. The molecule has 2 aromatic rings. The minimum absolute atomic E-state index is 0.0659. The Hall–Kier alpha value is -2.16. The van der Waals surface area contributed by atoms with Crippen molar-refractivity contribution in [3.8, 4) is 0 Å². The van der Waals surface area contributed by atoms with E-state index in [4.69, 9.17) is 10.2 Å². The van der Waals surface area contributed by atoms with Crippen LogP contribution in [0, 0.1) is 0 Å². The van der Waals surface area contributed by atoms with Gasteiger partial charge in [0.15, 0.2) is 5.76 Å². The van der Waals surface area contributed by atoms with Crippen molar-refractivity contribution in [3.63, 3.8) is 0 Å². The van der Waals surface area contributed by atoms with E-state index in [0.717, 1.165) is 11.1 Å². The van der Waals surface area contributed by atoms with Crippen molar-refractivity contribution in [2.75, 3.05) is 7.05 Å². The number of benzene rings is 1. The third-order valence-electron chi connectivity index (χ3n) is 3.02. The van der Waals surface area contributed by atoms with E-state index < -0.39 is 15.9 Å². The number of sulfonamides is 1. The van der Waals surface area contributed by atoms with Gasteiger partial charge in [0, 0.05) is 13.1 Å². The molecule has 2 rings (SSSR count). The number of furan rings is 1. The van der Waals surface area contributed by atoms with Crippen LogP contribution in [-0.2, 0) is 23.1 Å². The summed E-state index contributed by atoms with van der Waals surface area (Å²) in [6.07, 6.45) is 0. The average molecular weight is 323 g/mol. The number of nitrogens with one attached hydrogen (secondary N) is 2. The molecule has 1 heterocycles. The van der Waals surface area contributed by atoms with Crippen LogP contribution in [0.25, 0.3) is 0 Å². The zero-order chi connectivity index (χ0) is 16.2. The molecule has 0 saturated carbocycles. The highest BCUT2D eigenvalue weighted by atomic mass is 32.2. The number of nitrogens with two attached hydrogens (primary N) is 1. The topological polar surface area (TPSA) is 114 Å². The summed E-state index contributed by atoms with van der Waals surface area (Å²) in [5.74, 6) is -0.556. The lowest BCUT2D eigenvalue weighted by atomic mass is 10.1. The summed E-state index contributed by atoms with van der Waals surface area (Å²) < 4.78 is 30.2. The third kappa shape index (κ3) is 3.73. The van der Waals surface area contributed by atoms with Crippen molar-refractivity contribution < 1.29 is 17.6 Å². The van der Waals surface area contributed by atoms with Crippen LogP contribution in [0.5, 0.6) is 0 Å². The Morgan fingerprint density at radius 3 is 2.64 bits per heavy atom. The summed E-state index contributed by atoms with van der Waals surface area (Å²) in [5, 5.41) is 2.36. The predicted molar refractivity (Wildman–Crippen MR) is 80.5 cm³/mol. The van der Waals surface area contributed by atoms with Crippen LogP contribution < -0.4 is 15.8 Å². The maximum Gasteiger partial charge on any atom is 0.287 e. The van der Waals surface area contributed by atoms with Crippen molar-refractivity contribution >= 4 is 15.9 Å². The standard InChI is InChI=1S/C14H17N3O4S/c1-16-22(19,20)13-6-5-12(21-13)14(18)17-9-11-4-2-3-10(7-11)8-15/h2-7,16H,8-9,15H2,1H3,(H,17,18). The largest absolute Gasteiger partial charge is 0.438 e. The van der Waals surface area contributed by atoms with Gasteiger partial charge in [-0.15, -0.1) is 0 Å². The number of hydrogen-bond donors (Lipinski definition) is 3. The van der Waals surface area contributed by atoms with Gasteiger partial charge in [0.25, 0.3) is 15.9 Å². The number of rotatable bonds is 6. The molecule has 0 bridgehead atoms. The number of carbonyl (C=O) groups is 1. The first-order chi connectivity index (χ1) is 10.5. The molecule has 1 aromatic heterocycles. The normalized spacial score (nSPS) is 11.4. The van der Waals surface area contributed by atoms with E-state index in [1.165, 1.54) is 19.2 Å². The van der Waals surface area contributed by atoms with Crippen molar-refractivity contribution in [3.05, 3.63) is 53.3 Å². The first-order valence-electron chi connectivity index (χ1n) is 6.55. The molecule has 1 aromatic carbocycles. The van der Waals surface area contributed by atoms with Gasteiger partial charge < -0.3 is 15.5 Å². The molecule has 22 heavy (non-hydrogen) atoms. The Kier molecular flexibility index (Phi) is 4.96. The SMILES string of the molecule is CNS(=O)(=O)c1ccc(C(=O)NCc2cccc(CN)c2)o1. The van der Waals surface area contributed by atoms with Gasteiger partial charge in [0.05, 0.1) is 0 Å². The maximum absolute atomic E-state index is 12.0. The van der Waals surface area contributed by atoms with Crippen molar-refractivity contribution in [2.45, 2.75) is 18.2 Å². The molecule has 118 valence electrons. The van der Waals surface area contributed by atoms with E-state index in [0.29, 0.717) is 13.1 Å². The highest BCUT2D eigenvalue weighted by Crippen LogP contribution is 2.13. The Balaban J connectivity index is 2.04. The second kappa shape index (κ2) is 6.73. The number of carbonyl (C=O) groups excluding carboxylic acids is 1. The zero-order valence-electron chi connectivity index (χ0n) is 12.0. The van der Waals surface area contributed by atoms with E-state index in [2.05, 4.69) is 10.0 Å². The molecule has 0 aliphatic carbocycles. The van der Waals surface area contributed by atoms with Gasteiger partial charge in [-0.2, -0.15) is 0 Å². The number of hydrogen-bond acceptors (Lipinski definition) is 5. The minimum atomic E-state index is -3.70. The summed E-state index contributed by atoms with van der Waals surface area (Å²) in [6.45, 7) is 0.715. The lowest BCUT2D eigenvalue weighted by molar-refractivity contribution is 0.0918. The molecular weight excluding hydrogens is 306 g/mol. The lowest BCUT2D eigenvalue weighted by Gasteiger charge is -2.05. The molecule has 0 aliphatic rings. The summed E-state index contributed by atoms with van der Waals surface area (Å²) in [5.41, 5.74) is 7.42. The average Bonchev–Trinajstić information content (AvgIpc) is 3.03. The van der Waals surface area contributed by atoms with E-state index in [-0.39, 0.29) is 10.9 Å². The molecule has 0 aliphatic heterocycles. The predicted octanol–water partition coefficient (Wildman–Crippen LogP) is 0.576. The molecule has 0 atom stereocenters. The quantitative estimate of drug-likeness (QED) is 0.719. The van der Waals surface area contributed by atoms with E-state index in [9.17, 15) is 13.2 Å². The van der Waals surface area contributed by atoms with Crippen LogP contribution in [0.3, 0.4) is 0 Å². The fourth-order valence-corrected chi connectivity index (χ4v) is 2.47. The Labute approximate surface area is 128 Å². The third-order valence-corrected chi connectivity index (χ3v) is 4.31. The van der Waals surface area contributed by atoms with E-state index in [1.807, 2.05) is 24.3 Å². The van der Waals surface area contributed by atoms with Gasteiger partial charge in [0.2, 0.25) is 5.09 Å². The molecular formula is C14H17N3O4S. The van der Waals surface area contributed by atoms with E-state index in [1.54, 1.807) is 0 Å². The van der Waals surface area contributed by atoms with Gasteiger partial charge in [-0.3, -0.25) is 4.79 Å². The summed E-state index contributed by atoms with van der Waals surface area (Å²) in [7, 11) is -2.43. The Morgan fingerprint density at radius 2 is 1.95 bits per heavy atom. The molecule has 8 heteroatoms. The fourth-order valence-electron chi connectivity index (χ4n) is 1.82. The van der Waals surface area contributed by atoms with E-state index >= 15 is 0 Å². The van der Waals surface area contributed by atoms with Crippen LogP contribution in [0.15, 0.2) is 45.9 Å². The van der Waals surface area contributed by atoms with Gasteiger partial charge in [-0.05, 0) is 30.3 Å². The van der Waals surface area contributed by atoms with Gasteiger partial charge in [-0.1, -0.05) is 24.3 Å². The highest BCUT2D eigenvalue weighted by Gasteiger charge is 2.19. The maximum atomic E-state index is 12.0. The Bertz CT molecular complexity index is 768. The van der Waals surface area contributed by atoms with Gasteiger partial charge >= 0.3 is 0 Å². The number of amides is 1. The first-order valence-corrected chi connectivity index (χ1v) is 8.04. The monoisotopic (exact) mass is 323 g/mol. The first kappa shape index (κ1) is 16.2. The second-order valence-electron chi connectivity index (χ2n) is 4.53. The van der Waals surface area contributed by atoms with Gasteiger partial charge in [0.1, 0.15) is 0 Å². The van der Waals surface area contributed by atoms with Crippen LogP contribution in [0.1, 0.15) is 21.7 Å². The molecule has 0 fully saturated rings. The summed E-state index contributed by atoms with van der Waals surface area (Å²) in [6, 6.07) is 10.0. The zero-order valence-corrected chi connectivity index (χ0v) is 12.8. The Morgan fingerprint density at radius 1 is 1.23 bits per heavy atom. The van der Waals surface area contributed by atoms with Crippen molar-refractivity contribution in [1.82, 2.24) is 10.0 Å². The van der Waals surface area contributed by atoms with Crippen molar-refractivity contribution in [1.29, 1.82) is 0 Å². The highest BCUT2D eigenvalue weighted by molar-refractivity contribution is 7.89.